The Bertz CT molecular complexity index is 913. The normalized spacial score (nSPS) is 11.0. The van der Waals surface area contributed by atoms with Crippen molar-refractivity contribution in [3.63, 3.8) is 0 Å². The fourth-order valence-electron chi connectivity index (χ4n) is 1.74. The molecule has 0 aliphatic rings. The highest BCUT2D eigenvalue weighted by Gasteiger charge is 2.20. The second-order valence-electron chi connectivity index (χ2n) is 4.52. The number of hydrazine groups is 1. The van der Waals surface area contributed by atoms with Gasteiger partial charge in [0.05, 0.1) is 21.0 Å². The summed E-state index contributed by atoms with van der Waals surface area (Å²) in [5.74, 6) is -2.60. The molecule has 1 amide bonds. The molecule has 0 fully saturated rings. The van der Waals surface area contributed by atoms with Gasteiger partial charge < -0.3 is 10.2 Å². The van der Waals surface area contributed by atoms with Crippen LogP contribution in [0.2, 0.25) is 5.02 Å². The molecule has 10 heteroatoms. The first kappa shape index (κ1) is 17.7. The Morgan fingerprint density at radius 3 is 2.33 bits per heavy atom. The van der Waals surface area contributed by atoms with Crippen LogP contribution in [0.25, 0.3) is 0 Å². The number of benzene rings is 2. The van der Waals surface area contributed by atoms with Crippen molar-refractivity contribution in [2.75, 3.05) is 0 Å². The third-order valence-corrected chi connectivity index (χ3v) is 4.50. The van der Waals surface area contributed by atoms with Crippen LogP contribution in [-0.4, -0.2) is 30.5 Å². The summed E-state index contributed by atoms with van der Waals surface area (Å²) in [6.45, 7) is 0. The minimum absolute atomic E-state index is 0.125. The van der Waals surface area contributed by atoms with Crippen LogP contribution < -0.4 is 10.3 Å². The van der Waals surface area contributed by atoms with E-state index in [1.54, 1.807) is 0 Å². The summed E-state index contributed by atoms with van der Waals surface area (Å²) >= 11 is 5.67. The lowest BCUT2D eigenvalue weighted by atomic mass is 10.2. The molecule has 0 atom stereocenters. The van der Waals surface area contributed by atoms with Crippen LogP contribution in [0.15, 0.2) is 47.4 Å². The van der Waals surface area contributed by atoms with Crippen molar-refractivity contribution < 1.29 is 28.2 Å². The van der Waals surface area contributed by atoms with Crippen LogP contribution in [0.3, 0.4) is 0 Å². The molecule has 0 saturated carbocycles. The number of para-hydroxylation sites is 1. The number of carboxylic acids is 1. The highest BCUT2D eigenvalue weighted by atomic mass is 35.5. The molecule has 24 heavy (non-hydrogen) atoms. The van der Waals surface area contributed by atoms with Gasteiger partial charge in [-0.3, -0.25) is 10.2 Å². The van der Waals surface area contributed by atoms with Crippen molar-refractivity contribution in [2.24, 2.45) is 0 Å². The molecule has 2 rings (SSSR count). The fourth-order valence-corrected chi connectivity index (χ4v) is 2.80. The van der Waals surface area contributed by atoms with E-state index in [0.717, 1.165) is 18.2 Å². The molecule has 0 saturated heterocycles. The lowest BCUT2D eigenvalue weighted by molar-refractivity contribution is 0.0696. The molecule has 0 bridgehead atoms. The average Bonchev–Trinajstić information content (AvgIpc) is 2.53. The zero-order chi connectivity index (χ0) is 17.9. The first-order chi connectivity index (χ1) is 11.2. The molecule has 0 spiro atoms. The van der Waals surface area contributed by atoms with Crippen molar-refractivity contribution in [1.29, 1.82) is 0 Å². The summed E-state index contributed by atoms with van der Waals surface area (Å²) in [6, 6.07) is 8.61. The molecule has 8 nitrogen and oxygen atoms in total. The predicted molar refractivity (Wildman–Crippen MR) is 84.3 cm³/mol. The van der Waals surface area contributed by atoms with Gasteiger partial charge in [0.25, 0.3) is 15.9 Å². The summed E-state index contributed by atoms with van der Waals surface area (Å²) in [5.41, 5.74) is 1.39. The van der Waals surface area contributed by atoms with E-state index in [4.69, 9.17) is 16.7 Å². The molecular weight excluding hydrogens is 360 g/mol. The highest BCUT2D eigenvalue weighted by Crippen LogP contribution is 2.20. The topological polar surface area (TPSA) is 133 Å². The van der Waals surface area contributed by atoms with Gasteiger partial charge in [-0.2, -0.15) is 0 Å². The van der Waals surface area contributed by atoms with Gasteiger partial charge >= 0.3 is 5.97 Å². The summed E-state index contributed by atoms with van der Waals surface area (Å²) < 4.78 is 24.2. The largest absolute Gasteiger partial charge is 0.507 e. The lowest BCUT2D eigenvalue weighted by Crippen LogP contribution is -2.41. The number of rotatable bonds is 5. The van der Waals surface area contributed by atoms with Gasteiger partial charge in [-0.25, -0.2) is 13.2 Å². The van der Waals surface area contributed by atoms with Crippen LogP contribution in [0.5, 0.6) is 5.75 Å². The van der Waals surface area contributed by atoms with E-state index in [2.05, 4.69) is 0 Å². The Balaban J connectivity index is 2.20. The van der Waals surface area contributed by atoms with E-state index in [9.17, 15) is 23.1 Å². The molecule has 0 aromatic heterocycles. The minimum Gasteiger partial charge on any atom is -0.507 e. The molecule has 0 aliphatic heterocycles. The monoisotopic (exact) mass is 370 g/mol. The number of sulfonamides is 1. The predicted octanol–water partition coefficient (Wildman–Crippen LogP) is 1.37. The Morgan fingerprint density at radius 1 is 1.04 bits per heavy atom. The molecule has 0 aliphatic carbocycles. The number of hydrogen-bond acceptors (Lipinski definition) is 5. The smallest absolute Gasteiger partial charge is 0.337 e. The first-order valence-corrected chi connectivity index (χ1v) is 8.21. The quantitative estimate of drug-likeness (QED) is 0.587. The Labute approximate surface area is 141 Å². The zero-order valence-corrected chi connectivity index (χ0v) is 13.4. The first-order valence-electron chi connectivity index (χ1n) is 6.35. The SMILES string of the molecule is O=C(NNS(=O)(=O)c1ccc(Cl)c(C(=O)O)c1)c1ccccc1O. The van der Waals surface area contributed by atoms with Gasteiger partial charge in [0.1, 0.15) is 5.75 Å². The van der Waals surface area contributed by atoms with E-state index in [0.29, 0.717) is 0 Å². The standard InChI is InChI=1S/C14H11ClN2O6S/c15-11-6-5-8(7-10(11)14(20)21)24(22,23)17-16-13(19)9-3-1-2-4-12(9)18/h1-7,17-18H,(H,16,19)(H,20,21). The van der Waals surface area contributed by atoms with Gasteiger partial charge in [-0.1, -0.05) is 23.7 Å². The van der Waals surface area contributed by atoms with Crippen molar-refractivity contribution >= 4 is 33.5 Å². The number of aromatic carboxylic acids is 1. The molecule has 2 aromatic carbocycles. The number of phenolic OH excluding ortho intramolecular Hbond substituents is 1. The van der Waals surface area contributed by atoms with Crippen LogP contribution in [0.1, 0.15) is 20.7 Å². The van der Waals surface area contributed by atoms with Gasteiger partial charge in [0.2, 0.25) is 0 Å². The van der Waals surface area contributed by atoms with E-state index >= 15 is 0 Å². The summed E-state index contributed by atoms with van der Waals surface area (Å²) in [7, 11) is -4.23. The number of carboxylic acid groups (broad SMARTS) is 1. The molecule has 4 N–H and O–H groups in total. The van der Waals surface area contributed by atoms with Gasteiger partial charge in [0.15, 0.2) is 0 Å². The number of amides is 1. The number of hydrogen-bond donors (Lipinski definition) is 4. The number of halogens is 1. The van der Waals surface area contributed by atoms with E-state index in [-0.39, 0.29) is 16.3 Å². The molecule has 0 heterocycles. The maximum Gasteiger partial charge on any atom is 0.337 e. The van der Waals surface area contributed by atoms with Crippen molar-refractivity contribution in [2.45, 2.75) is 4.90 Å². The summed E-state index contributed by atoms with van der Waals surface area (Å²) in [4.78, 5) is 24.3. The number of carbonyl (C=O) groups excluding carboxylic acids is 1. The summed E-state index contributed by atoms with van der Waals surface area (Å²) in [5, 5.41) is 18.4. The second kappa shape index (κ2) is 6.87. The van der Waals surface area contributed by atoms with Crippen LogP contribution in [-0.2, 0) is 10.0 Å². The molecule has 0 radical (unpaired) electrons. The number of aromatic hydroxyl groups is 1. The number of nitrogens with one attached hydrogen (secondary N) is 2. The number of phenols is 1. The molecule has 0 unspecified atom stereocenters. The highest BCUT2D eigenvalue weighted by molar-refractivity contribution is 7.89. The Kier molecular flexibility index (Phi) is 5.07. The Hall–Kier alpha value is -2.62. The van der Waals surface area contributed by atoms with E-state index in [1.165, 1.54) is 24.3 Å². The fraction of sp³-hybridized carbons (Fsp3) is 0. The summed E-state index contributed by atoms with van der Waals surface area (Å²) in [6.07, 6.45) is 0. The van der Waals surface area contributed by atoms with Gasteiger partial charge in [-0.15, -0.1) is 4.83 Å². The number of carbonyl (C=O) groups is 2. The van der Waals surface area contributed by atoms with E-state index in [1.807, 2.05) is 10.3 Å². The molecular formula is C14H11ClN2O6S. The molecule has 126 valence electrons. The van der Waals surface area contributed by atoms with Crippen LogP contribution in [0, 0.1) is 0 Å². The van der Waals surface area contributed by atoms with Gasteiger partial charge in [0, 0.05) is 0 Å². The zero-order valence-electron chi connectivity index (χ0n) is 11.9. The van der Waals surface area contributed by atoms with E-state index < -0.39 is 32.4 Å². The van der Waals surface area contributed by atoms with Crippen molar-refractivity contribution in [1.82, 2.24) is 10.3 Å². The van der Waals surface area contributed by atoms with Crippen molar-refractivity contribution in [3.8, 4) is 5.75 Å². The maximum atomic E-state index is 12.1. The van der Waals surface area contributed by atoms with Crippen molar-refractivity contribution in [3.05, 3.63) is 58.6 Å². The minimum atomic E-state index is -4.23. The van der Waals surface area contributed by atoms with Crippen LogP contribution >= 0.6 is 11.6 Å². The third kappa shape index (κ3) is 3.82. The van der Waals surface area contributed by atoms with Gasteiger partial charge in [-0.05, 0) is 30.3 Å². The molecule has 2 aromatic rings. The lowest BCUT2D eigenvalue weighted by Gasteiger charge is -2.10. The van der Waals surface area contributed by atoms with Crippen LogP contribution in [0.4, 0.5) is 0 Å². The third-order valence-electron chi connectivity index (χ3n) is 2.93. The maximum absolute atomic E-state index is 12.1. The average molecular weight is 371 g/mol. The Morgan fingerprint density at radius 2 is 1.71 bits per heavy atom. The second-order valence-corrected chi connectivity index (χ2v) is 6.61.